The molecule has 2 aromatic heterocycles. The molecule has 0 spiro atoms. The summed E-state index contributed by atoms with van der Waals surface area (Å²) in [5, 5.41) is 11.1. The maximum Gasteiger partial charge on any atom is 0.186 e. The number of rotatable bonds is 2. The molecule has 26 heavy (non-hydrogen) atoms. The van der Waals surface area contributed by atoms with Crippen LogP contribution in [0.25, 0.3) is 10.2 Å². The molecule has 2 aliphatic rings. The molecular formula is C19H16ClN5S. The van der Waals surface area contributed by atoms with Crippen molar-refractivity contribution in [2.75, 3.05) is 36.0 Å². The number of aromatic nitrogens is 2. The third-order valence-electron chi connectivity index (χ3n) is 5.32. The van der Waals surface area contributed by atoms with E-state index in [1.807, 2.05) is 24.3 Å². The second-order valence-electron chi connectivity index (χ2n) is 6.90. The average molecular weight is 382 g/mol. The van der Waals surface area contributed by atoms with Crippen LogP contribution in [-0.2, 0) is 0 Å². The van der Waals surface area contributed by atoms with Crippen LogP contribution in [0, 0.1) is 23.2 Å². The van der Waals surface area contributed by atoms with E-state index >= 15 is 0 Å². The Kier molecular flexibility index (Phi) is 3.73. The molecule has 130 valence electrons. The van der Waals surface area contributed by atoms with Crippen LogP contribution in [0.3, 0.4) is 0 Å². The normalized spacial score (nSPS) is 22.0. The molecule has 4 heterocycles. The zero-order chi connectivity index (χ0) is 17.7. The van der Waals surface area contributed by atoms with E-state index in [-0.39, 0.29) is 0 Å². The minimum absolute atomic E-state index is 0.575. The molecule has 2 fully saturated rings. The number of anilines is 2. The predicted molar refractivity (Wildman–Crippen MR) is 105 cm³/mol. The van der Waals surface area contributed by atoms with Gasteiger partial charge in [-0.2, -0.15) is 5.26 Å². The number of hydrogen-bond acceptors (Lipinski definition) is 6. The van der Waals surface area contributed by atoms with Gasteiger partial charge in [0.15, 0.2) is 5.13 Å². The maximum absolute atomic E-state index is 9.32. The van der Waals surface area contributed by atoms with Crippen LogP contribution in [0.4, 0.5) is 10.9 Å². The second-order valence-corrected chi connectivity index (χ2v) is 8.32. The lowest BCUT2D eigenvalue weighted by Crippen LogP contribution is -2.29. The first-order valence-corrected chi connectivity index (χ1v) is 9.82. The van der Waals surface area contributed by atoms with Crippen molar-refractivity contribution in [3.63, 3.8) is 0 Å². The van der Waals surface area contributed by atoms with Crippen molar-refractivity contribution in [2.45, 2.75) is 0 Å². The van der Waals surface area contributed by atoms with Gasteiger partial charge in [-0.05, 0) is 24.3 Å². The van der Waals surface area contributed by atoms with E-state index in [4.69, 9.17) is 16.6 Å². The minimum Gasteiger partial charge on any atom is -0.355 e. The Bertz CT molecular complexity index is 1010. The quantitative estimate of drug-likeness (QED) is 0.676. The van der Waals surface area contributed by atoms with E-state index in [1.54, 1.807) is 17.5 Å². The Morgan fingerprint density at radius 3 is 2.58 bits per heavy atom. The fourth-order valence-electron chi connectivity index (χ4n) is 4.10. The zero-order valence-electron chi connectivity index (χ0n) is 14.0. The van der Waals surface area contributed by atoms with Crippen LogP contribution in [0.1, 0.15) is 5.56 Å². The van der Waals surface area contributed by atoms with Gasteiger partial charge in [0, 0.05) is 44.2 Å². The average Bonchev–Trinajstić information content (AvgIpc) is 3.34. The third kappa shape index (κ3) is 2.51. The van der Waals surface area contributed by atoms with E-state index < -0.39 is 0 Å². The van der Waals surface area contributed by atoms with E-state index in [9.17, 15) is 5.26 Å². The molecule has 0 saturated carbocycles. The van der Waals surface area contributed by atoms with Crippen molar-refractivity contribution in [1.82, 2.24) is 9.97 Å². The molecule has 5 nitrogen and oxygen atoms in total. The maximum atomic E-state index is 9.32. The number of para-hydroxylation sites is 1. The number of pyridine rings is 1. The van der Waals surface area contributed by atoms with Gasteiger partial charge in [0.1, 0.15) is 17.4 Å². The topological polar surface area (TPSA) is 56.1 Å². The summed E-state index contributed by atoms with van der Waals surface area (Å²) in [6.07, 6.45) is 1.77. The van der Waals surface area contributed by atoms with E-state index in [0.29, 0.717) is 17.4 Å². The number of nitriles is 1. The Morgan fingerprint density at radius 1 is 1.08 bits per heavy atom. The lowest BCUT2D eigenvalue weighted by Gasteiger charge is -2.22. The van der Waals surface area contributed by atoms with Gasteiger partial charge in [-0.1, -0.05) is 29.0 Å². The summed E-state index contributed by atoms with van der Waals surface area (Å²) in [6.45, 7) is 3.87. The van der Waals surface area contributed by atoms with Gasteiger partial charge < -0.3 is 9.80 Å². The molecule has 2 aliphatic heterocycles. The third-order valence-corrected chi connectivity index (χ3v) is 6.71. The Labute approximate surface area is 160 Å². The number of hydrogen-bond donors (Lipinski definition) is 0. The minimum atomic E-state index is 0.575. The predicted octanol–water partition coefficient (Wildman–Crippen LogP) is 3.79. The van der Waals surface area contributed by atoms with Crippen LogP contribution < -0.4 is 9.80 Å². The summed E-state index contributed by atoms with van der Waals surface area (Å²) < 4.78 is 1.14. The summed E-state index contributed by atoms with van der Waals surface area (Å²) in [4.78, 5) is 13.9. The van der Waals surface area contributed by atoms with Crippen molar-refractivity contribution in [3.05, 3.63) is 47.1 Å². The molecular weight excluding hydrogens is 366 g/mol. The fraction of sp³-hybridized carbons (Fsp3) is 0.316. The Morgan fingerprint density at radius 2 is 1.85 bits per heavy atom. The van der Waals surface area contributed by atoms with E-state index in [1.165, 1.54) is 0 Å². The number of thiazole rings is 1. The number of halogens is 1. The van der Waals surface area contributed by atoms with Gasteiger partial charge in [0.25, 0.3) is 0 Å². The van der Waals surface area contributed by atoms with E-state index in [2.05, 4.69) is 26.9 Å². The molecule has 1 aromatic carbocycles. The van der Waals surface area contributed by atoms with Gasteiger partial charge in [-0.3, -0.25) is 0 Å². The first-order valence-electron chi connectivity index (χ1n) is 8.63. The van der Waals surface area contributed by atoms with Crippen LogP contribution in [0.5, 0.6) is 0 Å². The van der Waals surface area contributed by atoms with Gasteiger partial charge in [-0.25, -0.2) is 9.97 Å². The molecule has 0 radical (unpaired) electrons. The zero-order valence-corrected chi connectivity index (χ0v) is 15.5. The lowest BCUT2D eigenvalue weighted by atomic mass is 10.0. The van der Waals surface area contributed by atoms with Crippen molar-refractivity contribution in [1.29, 1.82) is 5.26 Å². The molecule has 7 heteroatoms. The molecule has 2 atom stereocenters. The monoisotopic (exact) mass is 381 g/mol. The van der Waals surface area contributed by atoms with Crippen molar-refractivity contribution >= 4 is 44.1 Å². The van der Waals surface area contributed by atoms with Crippen molar-refractivity contribution < 1.29 is 0 Å². The molecule has 0 amide bonds. The molecule has 0 N–H and O–H groups in total. The summed E-state index contributed by atoms with van der Waals surface area (Å²) in [6, 6.07) is 11.9. The largest absolute Gasteiger partial charge is 0.355 e. The summed E-state index contributed by atoms with van der Waals surface area (Å²) >= 11 is 7.99. The molecule has 3 aromatic rings. The highest BCUT2D eigenvalue weighted by Crippen LogP contribution is 2.39. The highest BCUT2D eigenvalue weighted by molar-refractivity contribution is 7.22. The smallest absolute Gasteiger partial charge is 0.186 e. The Balaban J connectivity index is 1.35. The van der Waals surface area contributed by atoms with Crippen molar-refractivity contribution in [2.24, 2.45) is 11.8 Å². The summed E-state index contributed by atoms with van der Waals surface area (Å²) in [5.74, 6) is 1.97. The highest BCUT2D eigenvalue weighted by atomic mass is 35.5. The fourth-order valence-corrected chi connectivity index (χ4v) is 5.38. The second kappa shape index (κ2) is 6.11. The SMILES string of the molecule is N#Cc1cccnc1N1CC2CN(c3nc4c(Cl)cccc4s3)CC2C1. The number of nitrogens with zero attached hydrogens (tertiary/aromatic N) is 5. The van der Waals surface area contributed by atoms with Gasteiger partial charge in [0.05, 0.1) is 15.3 Å². The van der Waals surface area contributed by atoms with Crippen molar-refractivity contribution in [3.8, 4) is 6.07 Å². The standard InChI is InChI=1S/C19H16ClN5S/c20-15-4-1-5-16-17(15)23-19(26-16)25-10-13-8-24(9-14(13)11-25)18-12(7-21)3-2-6-22-18/h1-6,13-14H,8-11H2. The summed E-state index contributed by atoms with van der Waals surface area (Å²) in [5.41, 5.74) is 1.56. The molecule has 5 rings (SSSR count). The Hall–Kier alpha value is -2.36. The van der Waals surface area contributed by atoms with Gasteiger partial charge in [0.2, 0.25) is 0 Å². The number of fused-ring (bicyclic) bond motifs is 2. The molecule has 0 bridgehead atoms. The lowest BCUT2D eigenvalue weighted by molar-refractivity contribution is 0.533. The molecule has 2 saturated heterocycles. The van der Waals surface area contributed by atoms with E-state index in [0.717, 1.165) is 52.4 Å². The van der Waals surface area contributed by atoms with Crippen LogP contribution >= 0.6 is 22.9 Å². The first kappa shape index (κ1) is 15.9. The summed E-state index contributed by atoms with van der Waals surface area (Å²) in [7, 11) is 0. The molecule has 0 aliphatic carbocycles. The van der Waals surface area contributed by atoms with Crippen LogP contribution in [-0.4, -0.2) is 36.1 Å². The number of benzene rings is 1. The van der Waals surface area contributed by atoms with Gasteiger partial charge >= 0.3 is 0 Å². The molecule has 2 unspecified atom stereocenters. The van der Waals surface area contributed by atoms with Gasteiger partial charge in [-0.15, -0.1) is 0 Å². The van der Waals surface area contributed by atoms with Crippen LogP contribution in [0.15, 0.2) is 36.5 Å². The highest BCUT2D eigenvalue weighted by Gasteiger charge is 2.41. The first-order chi connectivity index (χ1) is 12.7. The van der Waals surface area contributed by atoms with Crippen LogP contribution in [0.2, 0.25) is 5.02 Å².